The summed E-state index contributed by atoms with van der Waals surface area (Å²) in [5.41, 5.74) is 0. The summed E-state index contributed by atoms with van der Waals surface area (Å²) >= 11 is 23.5. The van der Waals surface area contributed by atoms with E-state index in [1.54, 1.807) is 12.1 Å². The highest BCUT2D eigenvalue weighted by Gasteiger charge is 2.15. The van der Waals surface area contributed by atoms with Gasteiger partial charge in [-0.2, -0.15) is 0 Å². The fourth-order valence-corrected chi connectivity index (χ4v) is 3.69. The van der Waals surface area contributed by atoms with Crippen LogP contribution < -0.4 is 9.47 Å². The number of carbonyl (C=O) groups excluding carboxylic acids is 1. The van der Waals surface area contributed by atoms with Crippen molar-refractivity contribution in [2.45, 2.75) is 44.9 Å². The van der Waals surface area contributed by atoms with Crippen molar-refractivity contribution in [1.82, 2.24) is 4.90 Å². The van der Waals surface area contributed by atoms with Gasteiger partial charge in [-0.25, -0.2) is 0 Å². The minimum atomic E-state index is 0.134. The molecule has 1 heterocycles. The molecule has 0 aliphatic carbocycles. The molecule has 0 spiro atoms. The average Bonchev–Trinajstić information content (AvgIpc) is 2.66. The number of rotatable bonds is 10. The third-order valence-corrected chi connectivity index (χ3v) is 5.32. The fourth-order valence-electron chi connectivity index (χ4n) is 2.99. The number of piperidine rings is 1. The van der Waals surface area contributed by atoms with Crippen LogP contribution in [0, 0.1) is 0 Å². The van der Waals surface area contributed by atoms with Gasteiger partial charge in [0.2, 0.25) is 5.91 Å². The van der Waals surface area contributed by atoms with Gasteiger partial charge in [-0.3, -0.25) is 4.79 Å². The molecule has 1 aromatic carbocycles. The highest BCUT2D eigenvalue weighted by atomic mass is 35.5. The molecule has 28 heavy (non-hydrogen) atoms. The van der Waals surface area contributed by atoms with Crippen molar-refractivity contribution in [3.8, 4) is 11.5 Å². The lowest BCUT2D eigenvalue weighted by Gasteiger charge is -2.26. The number of hydrogen-bond acceptors (Lipinski definition) is 3. The zero-order valence-electron chi connectivity index (χ0n) is 15.7. The zero-order chi connectivity index (χ0) is 20.4. The van der Waals surface area contributed by atoms with Crippen molar-refractivity contribution in [2.24, 2.45) is 0 Å². The van der Waals surface area contributed by atoms with Crippen molar-refractivity contribution in [2.75, 3.05) is 26.3 Å². The van der Waals surface area contributed by atoms with E-state index in [0.29, 0.717) is 34.6 Å². The molecule has 1 saturated heterocycles. The quantitative estimate of drug-likeness (QED) is 0.361. The number of amides is 1. The van der Waals surface area contributed by atoms with E-state index in [4.69, 9.17) is 55.9 Å². The summed E-state index contributed by atoms with van der Waals surface area (Å²) in [5.74, 6) is 1.21. The average molecular weight is 469 g/mol. The van der Waals surface area contributed by atoms with Crippen LogP contribution in [0.1, 0.15) is 44.9 Å². The van der Waals surface area contributed by atoms with E-state index < -0.39 is 0 Å². The van der Waals surface area contributed by atoms with Gasteiger partial charge in [-0.1, -0.05) is 46.4 Å². The van der Waals surface area contributed by atoms with Crippen LogP contribution in [0.25, 0.3) is 0 Å². The minimum Gasteiger partial charge on any atom is -0.490 e. The molecule has 2 rings (SSSR count). The largest absolute Gasteiger partial charge is 0.490 e. The molecule has 0 aromatic heterocycles. The predicted molar refractivity (Wildman–Crippen MR) is 116 cm³/mol. The third kappa shape index (κ3) is 8.28. The van der Waals surface area contributed by atoms with E-state index in [1.165, 1.54) is 12.5 Å². The lowest BCUT2D eigenvalue weighted by molar-refractivity contribution is -0.132. The summed E-state index contributed by atoms with van der Waals surface area (Å²) < 4.78 is 11.3. The first-order valence-electron chi connectivity index (χ1n) is 9.51. The SMILES string of the molecule is O=C(CCCCCOc1c(Cl)cc(OCC=C(Cl)Cl)cc1Cl)N1CCCCC1. The van der Waals surface area contributed by atoms with Crippen LogP contribution in [-0.2, 0) is 4.79 Å². The van der Waals surface area contributed by atoms with Crippen LogP contribution in [0.4, 0.5) is 0 Å². The van der Waals surface area contributed by atoms with E-state index in [1.807, 2.05) is 4.90 Å². The first-order valence-corrected chi connectivity index (χ1v) is 11.0. The lowest BCUT2D eigenvalue weighted by Crippen LogP contribution is -2.35. The first kappa shape index (κ1) is 23.5. The van der Waals surface area contributed by atoms with Crippen molar-refractivity contribution < 1.29 is 14.3 Å². The number of hydrogen-bond donors (Lipinski definition) is 0. The third-order valence-electron chi connectivity index (χ3n) is 4.45. The summed E-state index contributed by atoms with van der Waals surface area (Å²) in [6.07, 6.45) is 8.23. The molecule has 0 bridgehead atoms. The van der Waals surface area contributed by atoms with Crippen molar-refractivity contribution in [3.05, 3.63) is 32.7 Å². The van der Waals surface area contributed by atoms with Gasteiger partial charge in [0, 0.05) is 31.6 Å². The smallest absolute Gasteiger partial charge is 0.222 e. The molecule has 1 amide bonds. The highest BCUT2D eigenvalue weighted by Crippen LogP contribution is 2.37. The summed E-state index contributed by atoms with van der Waals surface area (Å²) in [4.78, 5) is 14.1. The van der Waals surface area contributed by atoms with Gasteiger partial charge in [-0.15, -0.1) is 0 Å². The van der Waals surface area contributed by atoms with Crippen molar-refractivity contribution in [3.63, 3.8) is 0 Å². The van der Waals surface area contributed by atoms with Gasteiger partial charge in [0.1, 0.15) is 16.8 Å². The van der Waals surface area contributed by atoms with E-state index >= 15 is 0 Å². The molecule has 0 saturated carbocycles. The summed E-state index contributed by atoms with van der Waals surface area (Å²) in [5, 5.41) is 0.757. The Balaban J connectivity index is 1.68. The number of likely N-dealkylation sites (tertiary alicyclic amines) is 1. The summed E-state index contributed by atoms with van der Waals surface area (Å²) in [6, 6.07) is 3.27. The van der Waals surface area contributed by atoms with Crippen LogP contribution in [0.2, 0.25) is 10.0 Å². The Morgan fingerprint density at radius 1 is 1.00 bits per heavy atom. The number of unbranched alkanes of at least 4 members (excludes halogenated alkanes) is 2. The maximum atomic E-state index is 12.1. The fraction of sp³-hybridized carbons (Fsp3) is 0.550. The monoisotopic (exact) mass is 467 g/mol. The molecule has 1 aliphatic rings. The Labute approximate surface area is 186 Å². The zero-order valence-corrected chi connectivity index (χ0v) is 18.7. The molecule has 1 aromatic rings. The molecule has 4 nitrogen and oxygen atoms in total. The van der Waals surface area contributed by atoms with E-state index in [2.05, 4.69) is 0 Å². The highest BCUT2D eigenvalue weighted by molar-refractivity contribution is 6.55. The lowest BCUT2D eigenvalue weighted by atomic mass is 10.1. The Kier molecular flexibility index (Phi) is 10.6. The number of nitrogens with zero attached hydrogens (tertiary/aromatic N) is 1. The Morgan fingerprint density at radius 2 is 1.68 bits per heavy atom. The number of ether oxygens (including phenoxy) is 2. The number of halogens is 4. The second-order valence-electron chi connectivity index (χ2n) is 6.62. The van der Waals surface area contributed by atoms with Crippen molar-refractivity contribution >= 4 is 52.3 Å². The Hall–Kier alpha value is -0.810. The molecule has 1 fully saturated rings. The first-order chi connectivity index (χ1) is 13.5. The van der Waals surface area contributed by atoms with Gasteiger partial charge < -0.3 is 14.4 Å². The van der Waals surface area contributed by atoms with E-state index in [9.17, 15) is 4.79 Å². The molecular weight excluding hydrogens is 444 g/mol. The van der Waals surface area contributed by atoms with Gasteiger partial charge in [0.05, 0.1) is 16.7 Å². The molecular formula is C20H25Cl4NO3. The molecule has 0 atom stereocenters. The summed E-state index contributed by atoms with van der Waals surface area (Å²) in [7, 11) is 0. The maximum Gasteiger partial charge on any atom is 0.222 e. The molecule has 0 N–H and O–H groups in total. The number of benzene rings is 1. The van der Waals surface area contributed by atoms with Gasteiger partial charge in [-0.05, 0) is 44.6 Å². The van der Waals surface area contributed by atoms with E-state index in [-0.39, 0.29) is 17.0 Å². The van der Waals surface area contributed by atoms with Crippen LogP contribution in [0.15, 0.2) is 22.7 Å². The Morgan fingerprint density at radius 3 is 2.32 bits per heavy atom. The Bertz CT molecular complexity index is 648. The van der Waals surface area contributed by atoms with Crippen LogP contribution in [-0.4, -0.2) is 37.1 Å². The number of carbonyl (C=O) groups is 1. The summed E-state index contributed by atoms with van der Waals surface area (Å²) in [6.45, 7) is 2.52. The second-order valence-corrected chi connectivity index (χ2v) is 8.44. The van der Waals surface area contributed by atoms with Gasteiger partial charge in [0.25, 0.3) is 0 Å². The molecule has 0 unspecified atom stereocenters. The van der Waals surface area contributed by atoms with Gasteiger partial charge >= 0.3 is 0 Å². The topological polar surface area (TPSA) is 38.8 Å². The molecule has 1 aliphatic heterocycles. The standard InChI is InChI=1S/C20H25Cl4NO3/c21-16-13-15(27-12-8-18(23)24)14-17(22)20(16)28-11-6-1-3-7-19(26)25-9-4-2-5-10-25/h8,13-14H,1-7,9-12H2. The molecule has 156 valence electrons. The van der Waals surface area contributed by atoms with Crippen LogP contribution in [0.5, 0.6) is 11.5 Å². The van der Waals surface area contributed by atoms with Gasteiger partial charge in [0.15, 0.2) is 5.75 Å². The van der Waals surface area contributed by atoms with Crippen LogP contribution in [0.3, 0.4) is 0 Å². The van der Waals surface area contributed by atoms with E-state index in [0.717, 1.165) is 45.2 Å². The van der Waals surface area contributed by atoms with Crippen molar-refractivity contribution in [1.29, 1.82) is 0 Å². The van der Waals surface area contributed by atoms with Crippen LogP contribution >= 0.6 is 46.4 Å². The normalized spacial score (nSPS) is 13.9. The predicted octanol–water partition coefficient (Wildman–Crippen LogP) is 6.64. The second kappa shape index (κ2) is 12.7. The maximum absolute atomic E-state index is 12.1. The minimum absolute atomic E-state index is 0.134. The molecule has 0 radical (unpaired) electrons. The molecule has 8 heteroatoms.